The number of fused-ring (bicyclic) bond motifs is 1. The highest BCUT2D eigenvalue weighted by Gasteiger charge is 2.36. The van der Waals surface area contributed by atoms with Crippen LogP contribution in [0.4, 0.5) is 4.79 Å². The number of halogens is 1. The molecule has 0 radical (unpaired) electrons. The smallest absolute Gasteiger partial charge is 0.407 e. The van der Waals surface area contributed by atoms with Crippen LogP contribution >= 0.6 is 15.9 Å². The van der Waals surface area contributed by atoms with Crippen LogP contribution in [0.25, 0.3) is 0 Å². The second-order valence-electron chi connectivity index (χ2n) is 6.21. The number of alkyl carbamates (subject to hydrolysis) is 1. The number of amides is 1. The second kappa shape index (κ2) is 7.36. The van der Waals surface area contributed by atoms with Crippen molar-refractivity contribution in [1.29, 1.82) is 0 Å². The minimum atomic E-state index is -0.658. The van der Waals surface area contributed by atoms with Crippen molar-refractivity contribution in [2.75, 3.05) is 6.61 Å². The molecular weight excluding hydrogens is 370 g/mol. The summed E-state index contributed by atoms with van der Waals surface area (Å²) in [6.45, 7) is 0.112. The fourth-order valence-electron chi connectivity index (χ4n) is 3.08. The van der Waals surface area contributed by atoms with Gasteiger partial charge in [0.05, 0.1) is 12.1 Å². The van der Waals surface area contributed by atoms with Gasteiger partial charge in [-0.3, -0.25) is 0 Å². The summed E-state index contributed by atoms with van der Waals surface area (Å²) in [6, 6.07) is 15.7. The minimum Gasteiger partial charge on any atom is -0.445 e. The van der Waals surface area contributed by atoms with E-state index in [0.717, 1.165) is 22.0 Å². The van der Waals surface area contributed by atoms with Crippen molar-refractivity contribution in [2.45, 2.75) is 31.4 Å². The standard InChI is InChI=1S/C19H20BrNO3/c20-17-7-6-16-11-19(13-22,9-8-15(16)10-17)21-18(23)24-12-14-4-2-1-3-5-14/h1-7,10,22H,8-9,11-13H2,(H,21,23). The number of hydrogen-bond acceptors (Lipinski definition) is 3. The van der Waals surface area contributed by atoms with Gasteiger partial charge in [0.15, 0.2) is 0 Å². The number of carbonyl (C=O) groups is 1. The molecule has 0 saturated carbocycles. The van der Waals surface area contributed by atoms with Gasteiger partial charge < -0.3 is 15.2 Å². The van der Waals surface area contributed by atoms with Crippen LogP contribution in [0.5, 0.6) is 0 Å². The van der Waals surface area contributed by atoms with Gasteiger partial charge in [0.25, 0.3) is 0 Å². The van der Waals surface area contributed by atoms with Gasteiger partial charge in [0.1, 0.15) is 6.61 Å². The maximum atomic E-state index is 12.2. The molecule has 2 N–H and O–H groups in total. The summed E-state index contributed by atoms with van der Waals surface area (Å²) in [5.41, 5.74) is 2.69. The maximum absolute atomic E-state index is 12.2. The molecule has 0 spiro atoms. The zero-order chi connectivity index (χ0) is 17.0. The minimum absolute atomic E-state index is 0.108. The van der Waals surface area contributed by atoms with Gasteiger partial charge >= 0.3 is 6.09 Å². The Hall–Kier alpha value is -1.85. The van der Waals surface area contributed by atoms with E-state index in [-0.39, 0.29) is 13.2 Å². The van der Waals surface area contributed by atoms with Crippen LogP contribution in [0.2, 0.25) is 0 Å². The molecule has 0 bridgehead atoms. The molecule has 0 heterocycles. The molecule has 1 amide bonds. The summed E-state index contributed by atoms with van der Waals surface area (Å²) in [6.07, 6.45) is 1.61. The highest BCUT2D eigenvalue weighted by Crippen LogP contribution is 2.30. The zero-order valence-corrected chi connectivity index (χ0v) is 14.9. The molecule has 0 saturated heterocycles. The van der Waals surface area contributed by atoms with Gasteiger partial charge in [0, 0.05) is 4.47 Å². The molecule has 2 aromatic rings. The number of benzene rings is 2. The number of hydrogen-bond donors (Lipinski definition) is 2. The summed E-state index contributed by atoms with van der Waals surface area (Å²) in [7, 11) is 0. The summed E-state index contributed by atoms with van der Waals surface area (Å²) < 4.78 is 6.35. The molecule has 126 valence electrons. The predicted octanol–water partition coefficient (Wildman–Crippen LogP) is 3.60. The average Bonchev–Trinajstić information content (AvgIpc) is 2.61. The van der Waals surface area contributed by atoms with Crippen LogP contribution in [0.3, 0.4) is 0 Å². The summed E-state index contributed by atoms with van der Waals surface area (Å²) >= 11 is 3.48. The summed E-state index contributed by atoms with van der Waals surface area (Å²) in [5.74, 6) is 0. The molecule has 24 heavy (non-hydrogen) atoms. The van der Waals surface area contributed by atoms with E-state index in [0.29, 0.717) is 12.8 Å². The van der Waals surface area contributed by atoms with E-state index in [9.17, 15) is 9.90 Å². The molecule has 4 nitrogen and oxygen atoms in total. The first kappa shape index (κ1) is 17.0. The maximum Gasteiger partial charge on any atom is 0.407 e. The lowest BCUT2D eigenvalue weighted by Gasteiger charge is -2.37. The third-order valence-corrected chi connectivity index (χ3v) is 4.95. The molecule has 3 rings (SSSR count). The fourth-order valence-corrected chi connectivity index (χ4v) is 3.49. The zero-order valence-electron chi connectivity index (χ0n) is 13.3. The van der Waals surface area contributed by atoms with Gasteiger partial charge in [-0.1, -0.05) is 52.3 Å². The van der Waals surface area contributed by atoms with Crippen molar-refractivity contribution in [3.05, 3.63) is 69.7 Å². The van der Waals surface area contributed by atoms with Crippen LogP contribution in [0.1, 0.15) is 23.1 Å². The first-order valence-electron chi connectivity index (χ1n) is 7.97. The lowest BCUT2D eigenvalue weighted by atomic mass is 9.78. The second-order valence-corrected chi connectivity index (χ2v) is 7.13. The summed E-state index contributed by atoms with van der Waals surface area (Å²) in [4.78, 5) is 12.2. The topological polar surface area (TPSA) is 58.6 Å². The Kier molecular flexibility index (Phi) is 5.21. The molecule has 1 aliphatic carbocycles. The third-order valence-electron chi connectivity index (χ3n) is 4.45. The molecule has 2 aromatic carbocycles. The quantitative estimate of drug-likeness (QED) is 0.839. The molecule has 1 atom stereocenters. The number of aryl methyl sites for hydroxylation is 1. The van der Waals surface area contributed by atoms with Crippen molar-refractivity contribution in [3.63, 3.8) is 0 Å². The van der Waals surface area contributed by atoms with Gasteiger partial charge in [0.2, 0.25) is 0 Å². The molecule has 1 aliphatic rings. The normalized spacial score (nSPS) is 19.4. The van der Waals surface area contributed by atoms with E-state index in [2.05, 4.69) is 27.3 Å². The van der Waals surface area contributed by atoms with Crippen molar-refractivity contribution < 1.29 is 14.6 Å². The number of aliphatic hydroxyl groups excluding tert-OH is 1. The van der Waals surface area contributed by atoms with Crippen LogP contribution in [0, 0.1) is 0 Å². The van der Waals surface area contributed by atoms with Crippen LogP contribution < -0.4 is 5.32 Å². The number of rotatable bonds is 4. The van der Waals surface area contributed by atoms with E-state index in [1.54, 1.807) is 0 Å². The van der Waals surface area contributed by atoms with E-state index < -0.39 is 11.6 Å². The molecule has 5 heteroatoms. The van der Waals surface area contributed by atoms with E-state index in [1.165, 1.54) is 5.56 Å². The lowest BCUT2D eigenvalue weighted by Crippen LogP contribution is -2.55. The van der Waals surface area contributed by atoms with Gasteiger partial charge in [-0.25, -0.2) is 4.79 Å². The van der Waals surface area contributed by atoms with Crippen molar-refractivity contribution in [2.24, 2.45) is 0 Å². The number of aliphatic hydroxyl groups is 1. The highest BCUT2D eigenvalue weighted by molar-refractivity contribution is 9.10. The molecule has 0 aliphatic heterocycles. The lowest BCUT2D eigenvalue weighted by molar-refractivity contribution is 0.1000. The fraction of sp³-hybridized carbons (Fsp3) is 0.316. The SMILES string of the molecule is O=C(NC1(CO)CCc2cc(Br)ccc2C1)OCc1ccccc1. The monoisotopic (exact) mass is 389 g/mol. The average molecular weight is 390 g/mol. The van der Waals surface area contributed by atoms with Crippen LogP contribution in [0.15, 0.2) is 53.0 Å². The molecule has 1 unspecified atom stereocenters. The molecular formula is C19H20BrNO3. The number of ether oxygens (including phenoxy) is 1. The van der Waals surface area contributed by atoms with E-state index in [4.69, 9.17) is 4.74 Å². The van der Waals surface area contributed by atoms with Gasteiger partial charge in [-0.05, 0) is 48.1 Å². The first-order chi connectivity index (χ1) is 11.6. The van der Waals surface area contributed by atoms with E-state index >= 15 is 0 Å². The van der Waals surface area contributed by atoms with Crippen LogP contribution in [-0.4, -0.2) is 23.3 Å². The Labute approximate surface area is 150 Å². The summed E-state index contributed by atoms with van der Waals surface area (Å²) in [5, 5.41) is 12.8. The van der Waals surface area contributed by atoms with Gasteiger partial charge in [-0.15, -0.1) is 0 Å². The predicted molar refractivity (Wildman–Crippen MR) is 95.7 cm³/mol. The third kappa shape index (κ3) is 3.97. The Morgan fingerprint density at radius 1 is 1.21 bits per heavy atom. The van der Waals surface area contributed by atoms with Crippen LogP contribution in [-0.2, 0) is 24.2 Å². The number of carbonyl (C=O) groups excluding carboxylic acids is 1. The Morgan fingerprint density at radius 2 is 2.00 bits per heavy atom. The molecule has 0 fully saturated rings. The first-order valence-corrected chi connectivity index (χ1v) is 8.77. The Bertz CT molecular complexity index is 720. The van der Waals surface area contributed by atoms with Crippen molar-refractivity contribution >= 4 is 22.0 Å². The molecule has 0 aromatic heterocycles. The number of nitrogens with one attached hydrogen (secondary N) is 1. The van der Waals surface area contributed by atoms with Crippen molar-refractivity contribution in [3.8, 4) is 0 Å². The Balaban J connectivity index is 1.64. The highest BCUT2D eigenvalue weighted by atomic mass is 79.9. The Morgan fingerprint density at radius 3 is 2.75 bits per heavy atom. The van der Waals surface area contributed by atoms with E-state index in [1.807, 2.05) is 42.5 Å². The largest absolute Gasteiger partial charge is 0.445 e. The van der Waals surface area contributed by atoms with Crippen molar-refractivity contribution in [1.82, 2.24) is 5.32 Å². The van der Waals surface area contributed by atoms with Gasteiger partial charge in [-0.2, -0.15) is 0 Å².